The fourth-order valence-electron chi connectivity index (χ4n) is 3.42. The van der Waals surface area contributed by atoms with E-state index in [0.29, 0.717) is 6.42 Å². The number of benzene rings is 1. The van der Waals surface area contributed by atoms with E-state index in [4.69, 9.17) is 9.73 Å². The van der Waals surface area contributed by atoms with Crippen molar-refractivity contribution >= 4 is 22.6 Å². The van der Waals surface area contributed by atoms with Gasteiger partial charge < -0.3 is 9.72 Å². The lowest BCUT2D eigenvalue weighted by Crippen LogP contribution is -2.43. The van der Waals surface area contributed by atoms with Gasteiger partial charge in [0.15, 0.2) is 5.54 Å². The predicted octanol–water partition coefficient (Wildman–Crippen LogP) is 3.64. The average molecular weight is 298 g/mol. The van der Waals surface area contributed by atoms with Crippen molar-refractivity contribution in [3.05, 3.63) is 35.5 Å². The zero-order valence-corrected chi connectivity index (χ0v) is 13.4. The van der Waals surface area contributed by atoms with E-state index in [9.17, 15) is 4.79 Å². The third kappa shape index (κ3) is 2.23. The molecule has 1 aliphatic rings. The first-order valence-electron chi connectivity index (χ1n) is 7.86. The van der Waals surface area contributed by atoms with Crippen LogP contribution in [0.4, 0.5) is 0 Å². The highest BCUT2D eigenvalue weighted by Crippen LogP contribution is 2.36. The second-order valence-corrected chi connectivity index (χ2v) is 6.02. The minimum absolute atomic E-state index is 0.226. The third-order valence-electron chi connectivity index (χ3n) is 4.54. The molecular weight excluding hydrogens is 276 g/mol. The largest absolute Gasteiger partial charge is 0.467 e. The first-order chi connectivity index (χ1) is 10.6. The van der Waals surface area contributed by atoms with Crippen LogP contribution in [0.15, 0.2) is 29.3 Å². The van der Waals surface area contributed by atoms with Gasteiger partial charge in [-0.2, -0.15) is 0 Å². The minimum atomic E-state index is -0.771. The summed E-state index contributed by atoms with van der Waals surface area (Å²) in [6, 6.07) is 8.21. The van der Waals surface area contributed by atoms with Crippen molar-refractivity contribution in [1.29, 1.82) is 0 Å². The topological polar surface area (TPSA) is 54.5 Å². The van der Waals surface area contributed by atoms with Gasteiger partial charge in [0.25, 0.3) is 0 Å². The highest BCUT2D eigenvalue weighted by atomic mass is 16.5. The molecule has 0 fully saturated rings. The van der Waals surface area contributed by atoms with Crippen LogP contribution in [0, 0.1) is 0 Å². The number of unbranched alkanes of at least 4 members (excludes halogenated alkanes) is 1. The van der Waals surface area contributed by atoms with Gasteiger partial charge in [0.05, 0.1) is 18.5 Å². The van der Waals surface area contributed by atoms with E-state index in [2.05, 4.69) is 24.0 Å². The zero-order chi connectivity index (χ0) is 15.7. The van der Waals surface area contributed by atoms with Crippen molar-refractivity contribution in [2.75, 3.05) is 7.11 Å². The van der Waals surface area contributed by atoms with Gasteiger partial charge in [0, 0.05) is 17.3 Å². The van der Waals surface area contributed by atoms with Crippen LogP contribution in [0.25, 0.3) is 10.9 Å². The maximum absolute atomic E-state index is 12.5. The lowest BCUT2D eigenvalue weighted by Gasteiger charge is -2.31. The molecule has 22 heavy (non-hydrogen) atoms. The number of hydrogen-bond donors (Lipinski definition) is 1. The molecule has 1 aliphatic heterocycles. The van der Waals surface area contributed by atoms with Crippen LogP contribution in [0.5, 0.6) is 0 Å². The average Bonchev–Trinajstić information content (AvgIpc) is 2.91. The normalized spacial score (nSPS) is 20.6. The molecule has 3 rings (SSSR count). The quantitative estimate of drug-likeness (QED) is 0.876. The third-order valence-corrected chi connectivity index (χ3v) is 4.54. The summed E-state index contributed by atoms with van der Waals surface area (Å²) in [6.07, 6.45) is 3.33. The van der Waals surface area contributed by atoms with E-state index in [1.807, 2.05) is 19.1 Å². The number of ether oxygens (including phenoxy) is 1. The molecule has 1 unspecified atom stereocenters. The molecule has 1 atom stereocenters. The van der Waals surface area contributed by atoms with Crippen LogP contribution in [0.2, 0.25) is 0 Å². The van der Waals surface area contributed by atoms with Gasteiger partial charge in [-0.25, -0.2) is 4.79 Å². The number of rotatable bonds is 4. The molecule has 4 heteroatoms. The Morgan fingerprint density at radius 1 is 1.41 bits per heavy atom. The number of aliphatic imine (C=N–C) groups is 1. The molecule has 0 bridgehead atoms. The molecule has 1 aromatic heterocycles. The molecule has 1 N–H and O–H groups in total. The number of carbonyl (C=O) groups is 1. The summed E-state index contributed by atoms with van der Waals surface area (Å²) in [4.78, 5) is 20.7. The van der Waals surface area contributed by atoms with Crippen LogP contribution < -0.4 is 0 Å². The molecule has 0 radical (unpaired) electrons. The van der Waals surface area contributed by atoms with Crippen LogP contribution >= 0.6 is 0 Å². The van der Waals surface area contributed by atoms with Crippen molar-refractivity contribution in [1.82, 2.24) is 4.98 Å². The fourth-order valence-corrected chi connectivity index (χ4v) is 3.42. The number of aromatic amines is 1. The van der Waals surface area contributed by atoms with Crippen LogP contribution in [0.3, 0.4) is 0 Å². The van der Waals surface area contributed by atoms with Crippen LogP contribution in [-0.4, -0.2) is 29.3 Å². The standard InChI is InChI=1S/C18H22N2O2/c1-4-5-10-18(17(21)22-3)11-14-13-8-6-7-9-15(13)19-16(14)12(2)20-18/h6-9,19H,4-5,10-11H2,1-3H3. The van der Waals surface area contributed by atoms with Crippen molar-refractivity contribution in [2.24, 2.45) is 4.99 Å². The second-order valence-electron chi connectivity index (χ2n) is 6.02. The molecule has 2 heterocycles. The highest BCUT2D eigenvalue weighted by Gasteiger charge is 2.43. The van der Waals surface area contributed by atoms with Gasteiger partial charge in [-0.3, -0.25) is 4.99 Å². The smallest absolute Gasteiger partial charge is 0.334 e. The first kappa shape index (κ1) is 14.8. The summed E-state index contributed by atoms with van der Waals surface area (Å²) >= 11 is 0. The van der Waals surface area contributed by atoms with Gasteiger partial charge in [-0.05, 0) is 25.0 Å². The Labute approximate surface area is 130 Å². The summed E-state index contributed by atoms with van der Waals surface area (Å²) in [5.74, 6) is -0.226. The number of esters is 1. The molecule has 0 saturated heterocycles. The maximum atomic E-state index is 12.5. The minimum Gasteiger partial charge on any atom is -0.467 e. The van der Waals surface area contributed by atoms with Gasteiger partial charge in [-0.1, -0.05) is 38.0 Å². The van der Waals surface area contributed by atoms with Gasteiger partial charge in [0.2, 0.25) is 0 Å². The number of nitrogens with one attached hydrogen (secondary N) is 1. The number of fused-ring (bicyclic) bond motifs is 3. The van der Waals surface area contributed by atoms with Crippen molar-refractivity contribution in [2.45, 2.75) is 45.1 Å². The van der Waals surface area contributed by atoms with Crippen LogP contribution in [-0.2, 0) is 16.0 Å². The number of carbonyl (C=O) groups excluding carboxylic acids is 1. The Hall–Kier alpha value is -2.10. The molecule has 0 spiro atoms. The molecule has 2 aromatic rings. The number of hydrogen-bond acceptors (Lipinski definition) is 3. The summed E-state index contributed by atoms with van der Waals surface area (Å²) in [5.41, 5.74) is 3.45. The van der Waals surface area contributed by atoms with E-state index in [1.165, 1.54) is 18.1 Å². The van der Waals surface area contributed by atoms with E-state index >= 15 is 0 Å². The Balaban J connectivity index is 2.13. The van der Waals surface area contributed by atoms with Gasteiger partial charge in [0.1, 0.15) is 0 Å². The van der Waals surface area contributed by atoms with Crippen molar-refractivity contribution in [3.63, 3.8) is 0 Å². The van der Waals surface area contributed by atoms with Crippen LogP contribution in [0.1, 0.15) is 44.4 Å². The monoisotopic (exact) mass is 298 g/mol. The first-order valence-corrected chi connectivity index (χ1v) is 7.86. The Morgan fingerprint density at radius 3 is 2.91 bits per heavy atom. The lowest BCUT2D eigenvalue weighted by molar-refractivity contribution is -0.147. The lowest BCUT2D eigenvalue weighted by atomic mass is 9.82. The molecule has 0 saturated carbocycles. The summed E-state index contributed by atoms with van der Waals surface area (Å²) < 4.78 is 5.09. The van der Waals surface area contributed by atoms with E-state index in [1.54, 1.807) is 0 Å². The number of methoxy groups -OCH3 is 1. The molecule has 4 nitrogen and oxygen atoms in total. The Morgan fingerprint density at radius 2 is 2.18 bits per heavy atom. The van der Waals surface area contributed by atoms with E-state index < -0.39 is 5.54 Å². The van der Waals surface area contributed by atoms with E-state index in [0.717, 1.165) is 36.2 Å². The molecule has 116 valence electrons. The van der Waals surface area contributed by atoms with Gasteiger partial charge in [-0.15, -0.1) is 0 Å². The number of aromatic nitrogens is 1. The summed E-state index contributed by atoms with van der Waals surface area (Å²) in [7, 11) is 1.45. The summed E-state index contributed by atoms with van der Waals surface area (Å²) in [6.45, 7) is 4.10. The molecule has 1 aromatic carbocycles. The highest BCUT2D eigenvalue weighted by molar-refractivity contribution is 6.07. The van der Waals surface area contributed by atoms with Crippen molar-refractivity contribution < 1.29 is 9.53 Å². The SMILES string of the molecule is CCCCC1(C(=O)OC)Cc2c([nH]c3ccccc23)C(C)=N1. The molecular formula is C18H22N2O2. The molecule has 0 aliphatic carbocycles. The number of para-hydroxylation sites is 1. The van der Waals surface area contributed by atoms with Crippen molar-refractivity contribution in [3.8, 4) is 0 Å². The summed E-state index contributed by atoms with van der Waals surface area (Å²) in [5, 5.41) is 1.18. The molecule has 0 amide bonds. The van der Waals surface area contributed by atoms with Gasteiger partial charge >= 0.3 is 5.97 Å². The number of H-pyrrole nitrogens is 1. The Kier molecular flexibility index (Phi) is 3.77. The maximum Gasteiger partial charge on any atom is 0.334 e. The zero-order valence-electron chi connectivity index (χ0n) is 13.4. The fraction of sp³-hybridized carbons (Fsp3) is 0.444. The van der Waals surface area contributed by atoms with E-state index in [-0.39, 0.29) is 5.97 Å². The number of nitrogens with zero attached hydrogens (tertiary/aromatic N) is 1. The predicted molar refractivity (Wildman–Crippen MR) is 88.5 cm³/mol. The second kappa shape index (κ2) is 5.59. The Bertz CT molecular complexity index is 745.